The van der Waals surface area contributed by atoms with E-state index in [1.54, 1.807) is 0 Å². The highest BCUT2D eigenvalue weighted by atomic mass is 35.5. The Morgan fingerprint density at radius 1 is 1.37 bits per heavy atom. The smallest absolute Gasteiger partial charge is 0.139 e. The van der Waals surface area contributed by atoms with Gasteiger partial charge >= 0.3 is 0 Å². The molecule has 0 aliphatic carbocycles. The summed E-state index contributed by atoms with van der Waals surface area (Å²) >= 11 is 0. The van der Waals surface area contributed by atoms with Crippen LogP contribution in [0.15, 0.2) is 24.3 Å². The molecule has 0 N–H and O–H groups in total. The molecule has 0 radical (unpaired) electrons. The maximum atomic E-state index is 5.81. The number of ether oxygens (including phenoxy) is 1. The Morgan fingerprint density at radius 3 is 2.95 bits per heavy atom. The Balaban J connectivity index is 0.00000133. The minimum atomic E-state index is 0. The summed E-state index contributed by atoms with van der Waals surface area (Å²) in [6.45, 7) is 4.15. The first-order valence-corrected chi connectivity index (χ1v) is 6.97. The Kier molecular flexibility index (Phi) is 4.83. The number of aromatic nitrogens is 2. The van der Waals surface area contributed by atoms with Gasteiger partial charge in [0.25, 0.3) is 0 Å². The number of fused-ring (bicyclic) bond motifs is 1. The van der Waals surface area contributed by atoms with Gasteiger partial charge in [-0.25, -0.2) is 4.98 Å². The monoisotopic (exact) mass is 279 g/mol. The maximum Gasteiger partial charge on any atom is 0.139 e. The van der Waals surface area contributed by atoms with E-state index in [-0.39, 0.29) is 18.5 Å². The van der Waals surface area contributed by atoms with Crippen molar-refractivity contribution in [2.75, 3.05) is 6.61 Å². The predicted octanol–water partition coefficient (Wildman–Crippen LogP) is 0.692. The van der Waals surface area contributed by atoms with Gasteiger partial charge < -0.3 is 21.7 Å². The summed E-state index contributed by atoms with van der Waals surface area (Å²) in [6.07, 6.45) is 4.86. The number of para-hydroxylation sites is 2. The number of unbranched alkanes of at least 4 members (excludes halogenated alkanes) is 1. The molecule has 0 amide bonds. The van der Waals surface area contributed by atoms with Gasteiger partial charge in [-0.15, -0.1) is 0 Å². The highest BCUT2D eigenvalue weighted by molar-refractivity contribution is 5.76. The van der Waals surface area contributed by atoms with Crippen molar-refractivity contribution in [1.82, 2.24) is 9.55 Å². The summed E-state index contributed by atoms with van der Waals surface area (Å²) in [4.78, 5) is 4.79. The lowest BCUT2D eigenvalue weighted by molar-refractivity contribution is -0.00000476. The van der Waals surface area contributed by atoms with Gasteiger partial charge in [0.15, 0.2) is 0 Å². The molecule has 1 aliphatic heterocycles. The average Bonchev–Trinajstić information content (AvgIpc) is 3.03. The highest BCUT2D eigenvalue weighted by Gasteiger charge is 2.24. The minimum Gasteiger partial charge on any atom is -1.00 e. The van der Waals surface area contributed by atoms with Crippen molar-refractivity contribution < 1.29 is 17.1 Å². The van der Waals surface area contributed by atoms with Crippen LogP contribution in [0.2, 0.25) is 0 Å². The van der Waals surface area contributed by atoms with Crippen LogP contribution in [-0.4, -0.2) is 16.2 Å². The predicted molar refractivity (Wildman–Crippen MR) is 72.6 cm³/mol. The van der Waals surface area contributed by atoms with Gasteiger partial charge in [0, 0.05) is 13.2 Å². The fraction of sp³-hybridized carbons (Fsp3) is 0.533. The van der Waals surface area contributed by atoms with Crippen LogP contribution in [-0.2, 0) is 11.3 Å². The van der Waals surface area contributed by atoms with E-state index in [4.69, 9.17) is 9.72 Å². The van der Waals surface area contributed by atoms with E-state index in [1.807, 2.05) is 0 Å². The van der Waals surface area contributed by atoms with Crippen LogP contribution in [0.3, 0.4) is 0 Å². The zero-order chi connectivity index (χ0) is 12.4. The third-order valence-corrected chi connectivity index (χ3v) is 3.64. The standard InChI is InChI=1S/C15H20N2O.ClH/c1-2-3-10-17-13-8-5-4-7-12(13)16-15(17)14-9-6-11-18-14;/h4-5,7-8,14H,2-3,6,9-11H2,1H3;1H/p-1. The van der Waals surface area contributed by atoms with Crippen molar-refractivity contribution >= 4 is 11.0 Å². The van der Waals surface area contributed by atoms with Gasteiger partial charge in [0.05, 0.1) is 11.0 Å². The van der Waals surface area contributed by atoms with E-state index >= 15 is 0 Å². The fourth-order valence-corrected chi connectivity index (χ4v) is 2.67. The van der Waals surface area contributed by atoms with Gasteiger partial charge in [-0.2, -0.15) is 0 Å². The molecule has 104 valence electrons. The molecule has 19 heavy (non-hydrogen) atoms. The van der Waals surface area contributed by atoms with Crippen LogP contribution in [0, 0.1) is 0 Å². The Hall–Kier alpha value is -1.06. The van der Waals surface area contributed by atoms with E-state index < -0.39 is 0 Å². The van der Waals surface area contributed by atoms with E-state index in [0.717, 1.165) is 37.3 Å². The summed E-state index contributed by atoms with van der Waals surface area (Å²) in [7, 11) is 0. The van der Waals surface area contributed by atoms with Crippen molar-refractivity contribution in [3.63, 3.8) is 0 Å². The molecule has 0 bridgehead atoms. The number of imidazole rings is 1. The first-order valence-electron chi connectivity index (χ1n) is 6.97. The number of nitrogens with zero attached hydrogens (tertiary/aromatic N) is 2. The molecule has 1 atom stereocenters. The molecule has 2 aromatic rings. The lowest BCUT2D eigenvalue weighted by Gasteiger charge is -2.13. The number of halogens is 1. The molecule has 1 fully saturated rings. The average molecular weight is 280 g/mol. The van der Waals surface area contributed by atoms with Crippen LogP contribution < -0.4 is 12.4 Å². The van der Waals surface area contributed by atoms with Crippen LogP contribution >= 0.6 is 0 Å². The fourth-order valence-electron chi connectivity index (χ4n) is 2.67. The second kappa shape index (κ2) is 6.40. The van der Waals surface area contributed by atoms with E-state index in [9.17, 15) is 0 Å². The SMILES string of the molecule is CCCCn1c(C2CCCO2)nc2ccccc21.[Cl-]. The summed E-state index contributed by atoms with van der Waals surface area (Å²) in [5.41, 5.74) is 2.34. The molecule has 2 heterocycles. The van der Waals surface area contributed by atoms with Gasteiger partial charge in [0.1, 0.15) is 11.9 Å². The Labute approximate surface area is 120 Å². The molecule has 0 saturated carbocycles. The van der Waals surface area contributed by atoms with Crippen LogP contribution in [0.4, 0.5) is 0 Å². The number of hydrogen-bond acceptors (Lipinski definition) is 2. The van der Waals surface area contributed by atoms with E-state index in [2.05, 4.69) is 35.8 Å². The number of aryl methyl sites for hydroxylation is 1. The molecule has 0 spiro atoms. The largest absolute Gasteiger partial charge is 1.00 e. The third kappa shape index (κ3) is 2.77. The molecular weight excluding hydrogens is 260 g/mol. The van der Waals surface area contributed by atoms with Crippen molar-refractivity contribution in [2.45, 2.75) is 45.3 Å². The molecule has 1 aromatic carbocycles. The third-order valence-electron chi connectivity index (χ3n) is 3.64. The molecule has 3 nitrogen and oxygen atoms in total. The number of hydrogen-bond donors (Lipinski definition) is 0. The van der Waals surface area contributed by atoms with Gasteiger partial charge in [-0.1, -0.05) is 25.5 Å². The van der Waals surface area contributed by atoms with Crippen molar-refractivity contribution in [2.24, 2.45) is 0 Å². The highest BCUT2D eigenvalue weighted by Crippen LogP contribution is 2.30. The normalized spacial score (nSPS) is 18.7. The van der Waals surface area contributed by atoms with Gasteiger partial charge in [-0.3, -0.25) is 0 Å². The summed E-state index contributed by atoms with van der Waals surface area (Å²) in [5, 5.41) is 0. The summed E-state index contributed by atoms with van der Waals surface area (Å²) < 4.78 is 8.16. The Bertz CT molecular complexity index is 532. The number of rotatable bonds is 4. The topological polar surface area (TPSA) is 27.1 Å². The molecule has 1 aromatic heterocycles. The summed E-state index contributed by atoms with van der Waals surface area (Å²) in [5.74, 6) is 1.13. The first kappa shape index (κ1) is 14.4. The molecule has 1 aliphatic rings. The van der Waals surface area contributed by atoms with Crippen LogP contribution in [0.5, 0.6) is 0 Å². The minimum absolute atomic E-state index is 0. The quantitative estimate of drug-likeness (QED) is 0.824. The molecule has 1 saturated heterocycles. The van der Waals surface area contributed by atoms with Crippen LogP contribution in [0.25, 0.3) is 11.0 Å². The zero-order valence-electron chi connectivity index (χ0n) is 11.3. The van der Waals surface area contributed by atoms with Gasteiger partial charge in [0.2, 0.25) is 0 Å². The Morgan fingerprint density at radius 2 is 2.21 bits per heavy atom. The van der Waals surface area contributed by atoms with Gasteiger partial charge in [-0.05, 0) is 31.4 Å². The lowest BCUT2D eigenvalue weighted by atomic mass is 10.2. The molecule has 3 rings (SSSR count). The molecule has 1 unspecified atom stereocenters. The van der Waals surface area contributed by atoms with Crippen molar-refractivity contribution in [1.29, 1.82) is 0 Å². The molecular formula is C15H20ClN2O-. The van der Waals surface area contributed by atoms with Crippen molar-refractivity contribution in [3.8, 4) is 0 Å². The second-order valence-corrected chi connectivity index (χ2v) is 4.97. The first-order chi connectivity index (χ1) is 8.90. The molecule has 4 heteroatoms. The van der Waals surface area contributed by atoms with E-state index in [0.29, 0.717) is 0 Å². The second-order valence-electron chi connectivity index (χ2n) is 4.97. The van der Waals surface area contributed by atoms with Crippen LogP contribution in [0.1, 0.15) is 44.5 Å². The maximum absolute atomic E-state index is 5.81. The summed E-state index contributed by atoms with van der Waals surface area (Å²) in [6, 6.07) is 8.40. The zero-order valence-corrected chi connectivity index (χ0v) is 12.1. The lowest BCUT2D eigenvalue weighted by Crippen LogP contribution is -3.00. The van der Waals surface area contributed by atoms with Crippen molar-refractivity contribution in [3.05, 3.63) is 30.1 Å². The van der Waals surface area contributed by atoms with E-state index in [1.165, 1.54) is 18.4 Å². The number of benzene rings is 1.